The van der Waals surface area contributed by atoms with Crippen LogP contribution in [0.15, 0.2) is 66.7 Å². The topological polar surface area (TPSA) is 3.24 Å². The minimum absolute atomic E-state index is 0.0492. The summed E-state index contributed by atoms with van der Waals surface area (Å²) in [4.78, 5) is 2.11. The van der Waals surface area contributed by atoms with Crippen LogP contribution in [0, 0.1) is 11.7 Å². The fourth-order valence-electron chi connectivity index (χ4n) is 5.43. The molecule has 182 valence electrons. The van der Waals surface area contributed by atoms with Gasteiger partial charge in [-0.1, -0.05) is 66.2 Å². The zero-order valence-electron chi connectivity index (χ0n) is 19.6. The number of aryl methyl sites for hydroxylation is 1. The highest BCUT2D eigenvalue weighted by Crippen LogP contribution is 2.42. The molecule has 2 aliphatic rings. The Morgan fingerprint density at radius 1 is 0.943 bits per heavy atom. The predicted octanol–water partition coefficient (Wildman–Crippen LogP) is 8.08. The summed E-state index contributed by atoms with van der Waals surface area (Å²) in [6.45, 7) is 1.72. The fourth-order valence-corrected chi connectivity index (χ4v) is 5.71. The molecule has 1 heterocycles. The van der Waals surface area contributed by atoms with Gasteiger partial charge in [0.25, 0.3) is 0 Å². The van der Waals surface area contributed by atoms with E-state index in [2.05, 4.69) is 23.1 Å². The van der Waals surface area contributed by atoms with Crippen molar-refractivity contribution in [2.24, 2.45) is 5.92 Å². The highest BCUT2D eigenvalue weighted by Gasteiger charge is 2.34. The summed E-state index contributed by atoms with van der Waals surface area (Å²) in [6.07, 6.45) is 2.21. The lowest BCUT2D eigenvalue weighted by Gasteiger charge is -2.41. The van der Waals surface area contributed by atoms with E-state index in [4.69, 9.17) is 11.6 Å². The molecule has 1 aliphatic carbocycles. The summed E-state index contributed by atoms with van der Waals surface area (Å²) in [5.41, 5.74) is 7.10. The Kier molecular flexibility index (Phi) is 7.31. The molecule has 1 fully saturated rings. The summed E-state index contributed by atoms with van der Waals surface area (Å²) in [6, 6.07) is 20.7. The first-order valence-electron chi connectivity index (χ1n) is 12.3. The van der Waals surface area contributed by atoms with Gasteiger partial charge in [-0.3, -0.25) is 4.39 Å². The van der Waals surface area contributed by atoms with Crippen LogP contribution < -0.4 is 0 Å². The van der Waals surface area contributed by atoms with E-state index in [1.807, 2.05) is 30.3 Å². The third kappa shape index (κ3) is 5.05. The van der Waals surface area contributed by atoms with Gasteiger partial charge in [0.05, 0.1) is 11.7 Å². The third-order valence-corrected chi connectivity index (χ3v) is 7.56. The molecule has 3 aromatic carbocycles. The monoisotopic (exact) mass is 495 g/mol. The molecule has 1 atom stereocenters. The highest BCUT2D eigenvalue weighted by atomic mass is 35.5. The quantitative estimate of drug-likeness (QED) is 0.320. The molecule has 0 bridgehead atoms. The number of benzene rings is 3. The molecule has 0 amide bonds. The Labute approximate surface area is 210 Å². The van der Waals surface area contributed by atoms with Gasteiger partial charge in [-0.2, -0.15) is 0 Å². The van der Waals surface area contributed by atoms with Crippen LogP contribution in [-0.2, 0) is 6.42 Å². The molecule has 5 heteroatoms. The normalized spacial score (nSPS) is 17.6. The van der Waals surface area contributed by atoms with Crippen molar-refractivity contribution in [3.8, 4) is 0 Å². The molecule has 1 unspecified atom stereocenters. The molecule has 0 N–H and O–H groups in total. The van der Waals surface area contributed by atoms with E-state index in [1.54, 1.807) is 6.07 Å². The summed E-state index contributed by atoms with van der Waals surface area (Å²) in [5, 5.41) is 0.402. The first-order valence-corrected chi connectivity index (χ1v) is 12.7. The molecule has 5 rings (SSSR count). The van der Waals surface area contributed by atoms with Crippen molar-refractivity contribution in [3.05, 3.63) is 105 Å². The lowest BCUT2D eigenvalue weighted by molar-refractivity contribution is 0.0364. The number of nitrogens with zero attached hydrogens (tertiary/aromatic N) is 1. The van der Waals surface area contributed by atoms with E-state index in [9.17, 15) is 8.78 Å². The fraction of sp³-hybridized carbons (Fsp3) is 0.333. The van der Waals surface area contributed by atoms with Crippen molar-refractivity contribution in [3.63, 3.8) is 0 Å². The molecule has 0 spiro atoms. The lowest BCUT2D eigenvalue weighted by atomic mass is 9.86. The van der Waals surface area contributed by atoms with Crippen molar-refractivity contribution in [1.29, 1.82) is 0 Å². The van der Waals surface area contributed by atoms with Crippen molar-refractivity contribution in [2.45, 2.75) is 31.9 Å². The van der Waals surface area contributed by atoms with Crippen LogP contribution in [0.25, 0.3) is 11.1 Å². The number of halogens is 4. The van der Waals surface area contributed by atoms with Crippen LogP contribution in [0.3, 0.4) is 0 Å². The van der Waals surface area contributed by atoms with Crippen LogP contribution in [0.5, 0.6) is 0 Å². The van der Waals surface area contributed by atoms with Crippen molar-refractivity contribution in [1.82, 2.24) is 4.90 Å². The number of hydrogen-bond acceptors (Lipinski definition) is 1. The van der Waals surface area contributed by atoms with Gasteiger partial charge < -0.3 is 4.90 Å². The van der Waals surface area contributed by atoms with Crippen LogP contribution in [-0.4, -0.2) is 31.2 Å². The first kappa shape index (κ1) is 24.1. The van der Waals surface area contributed by atoms with Gasteiger partial charge in [0, 0.05) is 25.6 Å². The average molecular weight is 496 g/mol. The largest absolute Gasteiger partial charge is 0.302 e. The lowest BCUT2D eigenvalue weighted by Crippen LogP contribution is -2.48. The Hall–Kier alpha value is -2.56. The summed E-state index contributed by atoms with van der Waals surface area (Å²) >= 11 is 6.51. The Morgan fingerprint density at radius 2 is 1.71 bits per heavy atom. The zero-order chi connectivity index (χ0) is 24.4. The SMILES string of the molecule is FCCCN1CC(C(F)c2ccc(C3=C(c4ccc(F)cc4Cl)CCCc4ccccc43)cc2)C1. The van der Waals surface area contributed by atoms with Gasteiger partial charge in [-0.05, 0) is 76.8 Å². The second kappa shape index (κ2) is 10.6. The molecule has 1 nitrogen and oxygen atoms in total. The molecule has 3 aromatic rings. The van der Waals surface area contributed by atoms with E-state index in [-0.39, 0.29) is 18.4 Å². The van der Waals surface area contributed by atoms with Gasteiger partial charge in [-0.15, -0.1) is 0 Å². The molecular formula is C30H29ClF3N. The van der Waals surface area contributed by atoms with Gasteiger partial charge in [0.1, 0.15) is 12.0 Å². The molecule has 1 saturated heterocycles. The van der Waals surface area contributed by atoms with Crippen molar-refractivity contribution >= 4 is 22.7 Å². The van der Waals surface area contributed by atoms with E-state index < -0.39 is 6.17 Å². The van der Waals surface area contributed by atoms with Gasteiger partial charge >= 0.3 is 0 Å². The number of likely N-dealkylation sites (tertiary alicyclic amines) is 1. The summed E-state index contributed by atoms with van der Waals surface area (Å²) < 4.78 is 41.4. The number of fused-ring (bicyclic) bond motifs is 1. The van der Waals surface area contributed by atoms with Crippen LogP contribution in [0.2, 0.25) is 5.02 Å². The molecular weight excluding hydrogens is 467 g/mol. The molecule has 0 aromatic heterocycles. The van der Waals surface area contributed by atoms with Gasteiger partial charge in [0.15, 0.2) is 0 Å². The number of alkyl halides is 2. The Balaban J connectivity index is 1.49. The van der Waals surface area contributed by atoms with Gasteiger partial charge in [0.2, 0.25) is 0 Å². The van der Waals surface area contributed by atoms with E-state index >= 15 is 4.39 Å². The molecule has 35 heavy (non-hydrogen) atoms. The van der Waals surface area contributed by atoms with E-state index in [0.717, 1.165) is 47.1 Å². The minimum Gasteiger partial charge on any atom is -0.302 e. The zero-order valence-corrected chi connectivity index (χ0v) is 20.4. The predicted molar refractivity (Wildman–Crippen MR) is 138 cm³/mol. The maximum absolute atomic E-state index is 15.2. The molecule has 0 radical (unpaired) electrons. The highest BCUT2D eigenvalue weighted by molar-refractivity contribution is 6.32. The maximum Gasteiger partial charge on any atom is 0.130 e. The number of rotatable bonds is 7. The minimum atomic E-state index is -1.04. The summed E-state index contributed by atoms with van der Waals surface area (Å²) in [7, 11) is 0. The second-order valence-corrected chi connectivity index (χ2v) is 9.98. The summed E-state index contributed by atoms with van der Waals surface area (Å²) in [5.74, 6) is -0.403. The average Bonchev–Trinajstić information content (AvgIpc) is 3.03. The number of allylic oxidation sites excluding steroid dienone is 1. The Morgan fingerprint density at radius 3 is 2.46 bits per heavy atom. The first-order chi connectivity index (χ1) is 17.0. The number of hydrogen-bond donors (Lipinski definition) is 0. The second-order valence-electron chi connectivity index (χ2n) is 9.57. The van der Waals surface area contributed by atoms with Gasteiger partial charge in [-0.25, -0.2) is 8.78 Å². The van der Waals surface area contributed by atoms with Crippen LogP contribution >= 0.6 is 11.6 Å². The molecule has 1 aliphatic heterocycles. The smallest absolute Gasteiger partial charge is 0.130 e. The van der Waals surface area contributed by atoms with E-state index in [1.165, 1.54) is 17.7 Å². The van der Waals surface area contributed by atoms with E-state index in [0.29, 0.717) is 36.6 Å². The standard InChI is InChI=1S/C30H29ClF3N/c31-28-17-24(33)13-14-26(28)27-8-3-6-20-5-1-2-7-25(20)29(27)21-9-11-22(12-10-21)30(34)23-18-35(19-23)16-4-15-32/h1-2,5,7,9-14,17,23,30H,3-4,6,8,15-16,18-19H2. The van der Waals surface area contributed by atoms with Crippen molar-refractivity contribution in [2.75, 3.05) is 26.3 Å². The Bertz CT molecular complexity index is 1210. The van der Waals surface area contributed by atoms with Crippen LogP contribution in [0.1, 0.15) is 53.3 Å². The maximum atomic E-state index is 15.2. The third-order valence-electron chi connectivity index (χ3n) is 7.24. The van der Waals surface area contributed by atoms with Crippen LogP contribution in [0.4, 0.5) is 13.2 Å². The molecule has 0 saturated carbocycles. The van der Waals surface area contributed by atoms with Crippen molar-refractivity contribution < 1.29 is 13.2 Å².